The molecule has 0 fully saturated rings. The number of hydrogen-bond acceptors (Lipinski definition) is 5. The topological polar surface area (TPSA) is 52.8 Å². The molecule has 0 saturated carbocycles. The van der Waals surface area contributed by atoms with Gasteiger partial charge in [0.1, 0.15) is 11.6 Å². The van der Waals surface area contributed by atoms with Crippen LogP contribution in [0.25, 0.3) is 17.1 Å². The van der Waals surface area contributed by atoms with Gasteiger partial charge < -0.3 is 4.74 Å². The minimum atomic E-state index is -0.243. The van der Waals surface area contributed by atoms with E-state index in [0.29, 0.717) is 0 Å². The molecule has 0 aliphatic heterocycles. The Kier molecular flexibility index (Phi) is 5.57. The molecule has 0 amide bonds. The van der Waals surface area contributed by atoms with Gasteiger partial charge in [-0.2, -0.15) is 0 Å². The van der Waals surface area contributed by atoms with Gasteiger partial charge in [-0.05, 0) is 61.0 Å². The molecule has 2 heterocycles. The quantitative estimate of drug-likeness (QED) is 0.405. The number of ether oxygens (including phenoxy) is 1. The van der Waals surface area contributed by atoms with Crippen molar-refractivity contribution in [2.45, 2.75) is 17.3 Å². The SMILES string of the molecule is COc1ccc(-n2c(S[C@H](C)c3ccc(F)cc3)nnc2-c2ccncc2)cc1. The van der Waals surface area contributed by atoms with Gasteiger partial charge >= 0.3 is 0 Å². The molecule has 4 rings (SSSR count). The molecule has 146 valence electrons. The van der Waals surface area contributed by atoms with Gasteiger partial charge in [0, 0.05) is 28.9 Å². The zero-order valence-electron chi connectivity index (χ0n) is 16.0. The largest absolute Gasteiger partial charge is 0.497 e. The molecule has 0 aliphatic carbocycles. The smallest absolute Gasteiger partial charge is 0.196 e. The number of halogens is 1. The van der Waals surface area contributed by atoms with Gasteiger partial charge in [0.05, 0.1) is 7.11 Å². The van der Waals surface area contributed by atoms with Crippen LogP contribution in [0.1, 0.15) is 17.7 Å². The van der Waals surface area contributed by atoms with E-state index in [-0.39, 0.29) is 11.1 Å². The molecular weight excluding hydrogens is 387 g/mol. The molecule has 5 nitrogen and oxygen atoms in total. The Balaban J connectivity index is 1.75. The second-order valence-electron chi connectivity index (χ2n) is 6.39. The van der Waals surface area contributed by atoms with E-state index < -0.39 is 0 Å². The van der Waals surface area contributed by atoms with Crippen LogP contribution in [0, 0.1) is 5.82 Å². The van der Waals surface area contributed by atoms with Gasteiger partial charge in [-0.15, -0.1) is 10.2 Å². The van der Waals surface area contributed by atoms with E-state index in [4.69, 9.17) is 4.74 Å². The molecule has 0 N–H and O–H groups in total. The first-order chi connectivity index (χ1) is 14.2. The summed E-state index contributed by atoms with van der Waals surface area (Å²) in [6.07, 6.45) is 3.46. The number of rotatable bonds is 6. The molecule has 1 atom stereocenters. The Morgan fingerprint density at radius 3 is 2.28 bits per heavy atom. The fourth-order valence-corrected chi connectivity index (χ4v) is 3.95. The fraction of sp³-hybridized carbons (Fsp3) is 0.136. The van der Waals surface area contributed by atoms with Crippen LogP contribution in [0.15, 0.2) is 78.2 Å². The lowest BCUT2D eigenvalue weighted by Crippen LogP contribution is -2.01. The highest BCUT2D eigenvalue weighted by molar-refractivity contribution is 7.99. The number of hydrogen-bond donors (Lipinski definition) is 0. The summed E-state index contributed by atoms with van der Waals surface area (Å²) >= 11 is 1.57. The highest BCUT2D eigenvalue weighted by Gasteiger charge is 2.19. The van der Waals surface area contributed by atoms with E-state index >= 15 is 0 Å². The van der Waals surface area contributed by atoms with E-state index in [2.05, 4.69) is 22.1 Å². The average molecular weight is 406 g/mol. The number of pyridine rings is 1. The van der Waals surface area contributed by atoms with Crippen LogP contribution in [0.4, 0.5) is 4.39 Å². The molecule has 0 bridgehead atoms. The molecule has 4 aromatic rings. The van der Waals surface area contributed by atoms with Crippen LogP contribution in [0.2, 0.25) is 0 Å². The van der Waals surface area contributed by atoms with Crippen LogP contribution < -0.4 is 4.74 Å². The maximum absolute atomic E-state index is 13.3. The van der Waals surface area contributed by atoms with Crippen molar-refractivity contribution in [1.29, 1.82) is 0 Å². The second-order valence-corrected chi connectivity index (χ2v) is 7.70. The summed E-state index contributed by atoms with van der Waals surface area (Å²) < 4.78 is 20.6. The molecule has 0 radical (unpaired) electrons. The van der Waals surface area contributed by atoms with Crippen molar-refractivity contribution in [2.24, 2.45) is 0 Å². The minimum Gasteiger partial charge on any atom is -0.497 e. The highest BCUT2D eigenvalue weighted by atomic mass is 32.2. The van der Waals surface area contributed by atoms with E-state index in [1.54, 1.807) is 43.4 Å². The maximum Gasteiger partial charge on any atom is 0.196 e. The van der Waals surface area contributed by atoms with Crippen molar-refractivity contribution in [1.82, 2.24) is 19.7 Å². The third-order valence-electron chi connectivity index (χ3n) is 4.52. The van der Waals surface area contributed by atoms with Crippen molar-refractivity contribution >= 4 is 11.8 Å². The van der Waals surface area contributed by atoms with Crippen LogP contribution in [0.5, 0.6) is 5.75 Å². The lowest BCUT2D eigenvalue weighted by Gasteiger charge is -2.14. The van der Waals surface area contributed by atoms with E-state index in [0.717, 1.165) is 33.5 Å². The molecule has 0 saturated heterocycles. The third kappa shape index (κ3) is 4.14. The summed E-state index contributed by atoms with van der Waals surface area (Å²) in [6, 6.07) is 18.1. The molecule has 2 aromatic carbocycles. The van der Waals surface area contributed by atoms with E-state index in [9.17, 15) is 4.39 Å². The van der Waals surface area contributed by atoms with Crippen molar-refractivity contribution < 1.29 is 9.13 Å². The van der Waals surface area contributed by atoms with Gasteiger partial charge in [-0.3, -0.25) is 9.55 Å². The zero-order valence-corrected chi connectivity index (χ0v) is 16.8. The summed E-state index contributed by atoms with van der Waals surface area (Å²) in [7, 11) is 1.64. The maximum atomic E-state index is 13.3. The summed E-state index contributed by atoms with van der Waals surface area (Å²) in [5.41, 5.74) is 2.87. The predicted molar refractivity (Wildman–Crippen MR) is 112 cm³/mol. The van der Waals surface area contributed by atoms with Crippen LogP contribution >= 0.6 is 11.8 Å². The highest BCUT2D eigenvalue weighted by Crippen LogP contribution is 2.37. The summed E-state index contributed by atoms with van der Waals surface area (Å²) in [5, 5.41) is 9.70. The van der Waals surface area contributed by atoms with Gasteiger partial charge in [-0.1, -0.05) is 23.9 Å². The van der Waals surface area contributed by atoms with Crippen molar-refractivity contribution in [3.05, 3.63) is 84.4 Å². The van der Waals surface area contributed by atoms with Gasteiger partial charge in [0.2, 0.25) is 0 Å². The van der Waals surface area contributed by atoms with Gasteiger partial charge in [0.15, 0.2) is 11.0 Å². The minimum absolute atomic E-state index is 0.0714. The molecule has 2 aromatic heterocycles. The zero-order chi connectivity index (χ0) is 20.2. The number of thioether (sulfide) groups is 1. The third-order valence-corrected chi connectivity index (χ3v) is 5.62. The van der Waals surface area contributed by atoms with Gasteiger partial charge in [0.25, 0.3) is 0 Å². The first-order valence-electron chi connectivity index (χ1n) is 9.08. The van der Waals surface area contributed by atoms with E-state index in [1.807, 2.05) is 41.0 Å². The molecular formula is C22H19FN4OS. The monoisotopic (exact) mass is 406 g/mol. The number of methoxy groups -OCH3 is 1. The molecule has 0 unspecified atom stereocenters. The Morgan fingerprint density at radius 1 is 0.931 bits per heavy atom. The Bertz CT molecular complexity index is 1080. The van der Waals surface area contributed by atoms with Crippen molar-refractivity contribution in [3.8, 4) is 22.8 Å². The van der Waals surface area contributed by atoms with Gasteiger partial charge in [-0.25, -0.2) is 4.39 Å². The summed E-state index contributed by atoms with van der Waals surface area (Å²) in [6.45, 7) is 2.07. The average Bonchev–Trinajstić information content (AvgIpc) is 3.18. The lowest BCUT2D eigenvalue weighted by atomic mass is 10.2. The first kappa shape index (κ1) is 19.1. The van der Waals surface area contributed by atoms with Crippen molar-refractivity contribution in [2.75, 3.05) is 7.11 Å². The van der Waals surface area contributed by atoms with E-state index in [1.165, 1.54) is 12.1 Å². The Hall–Kier alpha value is -3.19. The standard InChI is InChI=1S/C22H19FN4OS/c1-15(16-3-5-18(23)6-4-16)29-22-26-25-21(17-11-13-24-14-12-17)27(22)19-7-9-20(28-2)10-8-19/h3-15H,1-2H3/t15-/m1/s1. The second kappa shape index (κ2) is 8.45. The first-order valence-corrected chi connectivity index (χ1v) is 9.96. The van der Waals surface area contributed by atoms with Crippen LogP contribution in [-0.2, 0) is 0 Å². The molecule has 7 heteroatoms. The number of aromatic nitrogens is 4. The molecule has 0 aliphatic rings. The van der Waals surface area contributed by atoms with Crippen molar-refractivity contribution in [3.63, 3.8) is 0 Å². The number of benzene rings is 2. The number of nitrogens with zero attached hydrogens (tertiary/aromatic N) is 4. The Morgan fingerprint density at radius 2 is 1.62 bits per heavy atom. The lowest BCUT2D eigenvalue weighted by molar-refractivity contribution is 0.414. The fourth-order valence-electron chi connectivity index (χ4n) is 2.96. The predicted octanol–water partition coefficient (Wildman–Crippen LogP) is 5.33. The summed E-state index contributed by atoms with van der Waals surface area (Å²) in [5.74, 6) is 1.26. The van der Waals surface area contributed by atoms with Crippen LogP contribution in [0.3, 0.4) is 0 Å². The molecule has 0 spiro atoms. The normalized spacial score (nSPS) is 12.0. The molecule has 29 heavy (non-hydrogen) atoms. The van der Waals surface area contributed by atoms with Crippen LogP contribution in [-0.4, -0.2) is 26.9 Å². The Labute approximate surface area is 172 Å². The summed E-state index contributed by atoms with van der Waals surface area (Å²) in [4.78, 5) is 4.09.